The van der Waals surface area contributed by atoms with Crippen LogP contribution in [0.4, 0.5) is 0 Å². The molecule has 0 spiro atoms. The molecule has 2 N–H and O–H groups in total. The molecule has 1 aliphatic heterocycles. The molecule has 0 bridgehead atoms. The Balaban J connectivity index is 0.00000144. The fourth-order valence-corrected chi connectivity index (χ4v) is 3.77. The van der Waals surface area contributed by atoms with E-state index in [1.54, 1.807) is 18.2 Å². The molecule has 0 aliphatic carbocycles. The maximum absolute atomic E-state index is 12.2. The monoisotopic (exact) mass is 296 g/mol. The van der Waals surface area contributed by atoms with Crippen molar-refractivity contribution in [3.8, 4) is 0 Å². The number of sulfonamides is 1. The molecule has 0 aromatic heterocycles. The predicted octanol–water partition coefficient (Wildman–Crippen LogP) is 1.48. The van der Waals surface area contributed by atoms with Crippen LogP contribution in [0.3, 0.4) is 0 Å². The van der Waals surface area contributed by atoms with Crippen LogP contribution in [0.15, 0.2) is 29.2 Å². The van der Waals surface area contributed by atoms with E-state index >= 15 is 0 Å². The van der Waals surface area contributed by atoms with Crippen LogP contribution < -0.4 is 5.73 Å². The van der Waals surface area contributed by atoms with E-state index in [-0.39, 0.29) is 28.4 Å². The molecule has 1 aliphatic rings. The van der Waals surface area contributed by atoms with Crippen molar-refractivity contribution in [3.05, 3.63) is 29.3 Å². The lowest BCUT2D eigenvalue weighted by molar-refractivity contribution is 0.472. The van der Waals surface area contributed by atoms with Gasteiger partial charge in [0.25, 0.3) is 0 Å². The summed E-state index contributed by atoms with van der Waals surface area (Å²) in [6.45, 7) is 0.836. The molecule has 0 amide bonds. The first-order valence-electron chi connectivity index (χ1n) is 5.02. The summed E-state index contributed by atoms with van der Waals surface area (Å²) in [5.41, 5.74) is 5.70. The van der Waals surface area contributed by atoms with Crippen LogP contribution in [0.2, 0.25) is 5.02 Å². The van der Waals surface area contributed by atoms with Crippen molar-refractivity contribution in [2.45, 2.75) is 17.4 Å². The molecular formula is C10H14Cl2N2O2S. The first-order valence-corrected chi connectivity index (χ1v) is 6.84. The third-order valence-corrected chi connectivity index (χ3v) is 5.01. The number of benzene rings is 1. The zero-order chi connectivity index (χ0) is 11.8. The summed E-state index contributed by atoms with van der Waals surface area (Å²) in [4.78, 5) is 0.158. The number of hydrogen-bond acceptors (Lipinski definition) is 3. The van der Waals surface area contributed by atoms with Gasteiger partial charge in [0, 0.05) is 19.1 Å². The summed E-state index contributed by atoms with van der Waals surface area (Å²) in [5, 5.41) is 0.253. The highest BCUT2D eigenvalue weighted by Crippen LogP contribution is 2.26. The van der Waals surface area contributed by atoms with Gasteiger partial charge in [-0.1, -0.05) is 23.7 Å². The number of halogens is 2. The number of nitrogens with two attached hydrogens (primary N) is 1. The minimum Gasteiger partial charge on any atom is -0.326 e. The Bertz CT molecular complexity index is 493. The summed E-state index contributed by atoms with van der Waals surface area (Å²) >= 11 is 5.89. The second-order valence-electron chi connectivity index (χ2n) is 3.84. The molecule has 96 valence electrons. The van der Waals surface area contributed by atoms with Crippen LogP contribution in [-0.4, -0.2) is 31.9 Å². The van der Waals surface area contributed by atoms with E-state index in [1.165, 1.54) is 10.4 Å². The van der Waals surface area contributed by atoms with Crippen LogP contribution in [0, 0.1) is 0 Å². The van der Waals surface area contributed by atoms with Crippen molar-refractivity contribution in [1.82, 2.24) is 4.31 Å². The average molecular weight is 297 g/mol. The molecule has 0 saturated carbocycles. The summed E-state index contributed by atoms with van der Waals surface area (Å²) in [6.07, 6.45) is 0.698. The smallest absolute Gasteiger partial charge is 0.244 e. The fourth-order valence-electron chi connectivity index (χ4n) is 1.77. The van der Waals surface area contributed by atoms with Crippen molar-refractivity contribution < 1.29 is 8.42 Å². The molecule has 1 aromatic rings. The standard InChI is InChI=1S/C10H13ClN2O2S.ClH/c11-9-3-1-2-4-10(9)16(14,15)13-6-5-8(12)7-13;/h1-4,8H,5-7,12H2;1H/t8-;/m0./s1. The van der Waals surface area contributed by atoms with Gasteiger partial charge < -0.3 is 5.73 Å². The molecule has 1 atom stereocenters. The van der Waals surface area contributed by atoms with E-state index in [4.69, 9.17) is 17.3 Å². The van der Waals surface area contributed by atoms with Gasteiger partial charge in [-0.25, -0.2) is 8.42 Å². The lowest BCUT2D eigenvalue weighted by atomic mass is 10.3. The zero-order valence-electron chi connectivity index (χ0n) is 9.04. The second-order valence-corrected chi connectivity index (χ2v) is 6.16. The topological polar surface area (TPSA) is 63.4 Å². The molecule has 0 radical (unpaired) electrons. The predicted molar refractivity (Wildman–Crippen MR) is 70.1 cm³/mol. The van der Waals surface area contributed by atoms with Gasteiger partial charge in [-0.05, 0) is 18.6 Å². The highest BCUT2D eigenvalue weighted by molar-refractivity contribution is 7.89. The third-order valence-electron chi connectivity index (χ3n) is 2.64. The molecule has 7 heteroatoms. The Hall–Kier alpha value is -0.330. The van der Waals surface area contributed by atoms with Gasteiger partial charge in [0.2, 0.25) is 10.0 Å². The first-order chi connectivity index (χ1) is 7.51. The van der Waals surface area contributed by atoms with E-state index < -0.39 is 10.0 Å². The van der Waals surface area contributed by atoms with Crippen LogP contribution in [0.25, 0.3) is 0 Å². The summed E-state index contributed by atoms with van der Waals surface area (Å²) in [7, 11) is -3.48. The van der Waals surface area contributed by atoms with Crippen molar-refractivity contribution in [3.63, 3.8) is 0 Å². The number of hydrogen-bond donors (Lipinski definition) is 1. The highest BCUT2D eigenvalue weighted by Gasteiger charge is 2.31. The summed E-state index contributed by atoms with van der Waals surface area (Å²) < 4.78 is 25.8. The van der Waals surface area contributed by atoms with Gasteiger partial charge in [0.15, 0.2) is 0 Å². The Kier molecular flexibility index (Phi) is 4.80. The maximum Gasteiger partial charge on any atom is 0.244 e. The van der Waals surface area contributed by atoms with E-state index in [9.17, 15) is 8.42 Å². The average Bonchev–Trinajstić information content (AvgIpc) is 2.66. The van der Waals surface area contributed by atoms with Crippen LogP contribution in [-0.2, 0) is 10.0 Å². The molecule has 2 rings (SSSR count). The number of rotatable bonds is 2. The molecule has 1 aromatic carbocycles. The van der Waals surface area contributed by atoms with Crippen LogP contribution >= 0.6 is 24.0 Å². The fraction of sp³-hybridized carbons (Fsp3) is 0.400. The molecule has 1 heterocycles. The zero-order valence-corrected chi connectivity index (χ0v) is 11.4. The molecule has 4 nitrogen and oxygen atoms in total. The molecule has 0 unspecified atom stereocenters. The van der Waals surface area contributed by atoms with Gasteiger partial charge in [-0.2, -0.15) is 4.31 Å². The van der Waals surface area contributed by atoms with Gasteiger partial charge in [-0.15, -0.1) is 12.4 Å². The molecule has 17 heavy (non-hydrogen) atoms. The van der Waals surface area contributed by atoms with Crippen molar-refractivity contribution in [1.29, 1.82) is 0 Å². The molecule has 1 saturated heterocycles. The largest absolute Gasteiger partial charge is 0.326 e. The van der Waals surface area contributed by atoms with Crippen LogP contribution in [0.1, 0.15) is 6.42 Å². The Morgan fingerprint density at radius 3 is 2.53 bits per heavy atom. The lowest BCUT2D eigenvalue weighted by Gasteiger charge is -2.16. The van der Waals surface area contributed by atoms with Crippen molar-refractivity contribution >= 4 is 34.0 Å². The number of nitrogens with zero attached hydrogens (tertiary/aromatic N) is 1. The van der Waals surface area contributed by atoms with Gasteiger partial charge in [0.1, 0.15) is 4.90 Å². The first kappa shape index (κ1) is 14.7. The van der Waals surface area contributed by atoms with E-state index in [2.05, 4.69) is 0 Å². The Morgan fingerprint density at radius 2 is 2.00 bits per heavy atom. The summed E-state index contributed by atoms with van der Waals surface area (Å²) in [6, 6.07) is 6.38. The molecule has 1 fully saturated rings. The summed E-state index contributed by atoms with van der Waals surface area (Å²) in [5.74, 6) is 0. The van der Waals surface area contributed by atoms with Crippen molar-refractivity contribution in [2.24, 2.45) is 5.73 Å². The minimum absolute atomic E-state index is 0. The van der Waals surface area contributed by atoms with Gasteiger partial charge >= 0.3 is 0 Å². The Labute approximate surface area is 112 Å². The molecular weight excluding hydrogens is 283 g/mol. The second kappa shape index (κ2) is 5.54. The maximum atomic E-state index is 12.2. The lowest BCUT2D eigenvalue weighted by Crippen LogP contribution is -2.32. The SMILES string of the molecule is Cl.N[C@H]1CCN(S(=O)(=O)c2ccccc2Cl)C1. The minimum atomic E-state index is -3.48. The van der Waals surface area contributed by atoms with E-state index in [1.807, 2.05) is 0 Å². The quantitative estimate of drug-likeness (QED) is 0.899. The van der Waals surface area contributed by atoms with Gasteiger partial charge in [-0.3, -0.25) is 0 Å². The highest BCUT2D eigenvalue weighted by atomic mass is 35.5. The Morgan fingerprint density at radius 1 is 1.35 bits per heavy atom. The van der Waals surface area contributed by atoms with Crippen molar-refractivity contribution in [2.75, 3.05) is 13.1 Å². The van der Waals surface area contributed by atoms with E-state index in [0.29, 0.717) is 19.5 Å². The third kappa shape index (κ3) is 2.92. The van der Waals surface area contributed by atoms with E-state index in [0.717, 1.165) is 0 Å². The normalized spacial score (nSPS) is 21.2. The van der Waals surface area contributed by atoms with Crippen LogP contribution in [0.5, 0.6) is 0 Å². The van der Waals surface area contributed by atoms with Gasteiger partial charge in [0.05, 0.1) is 5.02 Å².